The lowest BCUT2D eigenvalue weighted by molar-refractivity contribution is -0.131. The van der Waals surface area contributed by atoms with Gasteiger partial charge in [-0.2, -0.15) is 0 Å². The Labute approximate surface area is 116 Å². The Bertz CT molecular complexity index is 275. The van der Waals surface area contributed by atoms with Crippen LogP contribution in [0.3, 0.4) is 0 Å². The molecule has 4 nitrogen and oxygen atoms in total. The molecule has 2 heterocycles. The van der Waals surface area contributed by atoms with Crippen LogP contribution in [-0.4, -0.2) is 49.2 Å². The molecule has 19 heavy (non-hydrogen) atoms. The van der Waals surface area contributed by atoms with Gasteiger partial charge in [-0.15, -0.1) is 0 Å². The van der Waals surface area contributed by atoms with Crippen molar-refractivity contribution in [2.45, 2.75) is 64.0 Å². The maximum Gasteiger partial charge on any atom is 0.236 e. The normalized spacial score (nSPS) is 28.4. The number of carbonyl (C=O) groups excluding carboxylic acids is 1. The number of carbonyl (C=O) groups is 1. The van der Waals surface area contributed by atoms with Crippen LogP contribution in [0.2, 0.25) is 0 Å². The molecule has 2 saturated heterocycles. The molecule has 0 aromatic rings. The fourth-order valence-electron chi connectivity index (χ4n) is 3.08. The summed E-state index contributed by atoms with van der Waals surface area (Å²) in [5, 5.41) is 3.44. The lowest BCUT2D eigenvalue weighted by atomic mass is 10.00. The second-order valence-corrected chi connectivity index (χ2v) is 5.83. The zero-order chi connectivity index (χ0) is 13.5. The largest absolute Gasteiger partial charge is 0.378 e. The molecular weight excluding hydrogens is 240 g/mol. The Hall–Kier alpha value is -0.610. The van der Waals surface area contributed by atoms with E-state index in [-0.39, 0.29) is 5.91 Å². The first-order valence-electron chi connectivity index (χ1n) is 7.92. The molecule has 1 amide bonds. The monoisotopic (exact) mass is 268 g/mol. The molecule has 2 atom stereocenters. The molecular formula is C15H28N2O2. The Balaban J connectivity index is 1.67. The zero-order valence-electron chi connectivity index (χ0n) is 12.2. The third-order valence-corrected chi connectivity index (χ3v) is 4.23. The molecule has 0 bridgehead atoms. The molecule has 0 radical (unpaired) electrons. The number of ether oxygens (including phenoxy) is 1. The van der Waals surface area contributed by atoms with E-state index in [0.29, 0.717) is 18.7 Å². The molecule has 4 heteroatoms. The van der Waals surface area contributed by atoms with Gasteiger partial charge in [-0.05, 0) is 38.5 Å². The van der Waals surface area contributed by atoms with E-state index in [1.807, 2.05) is 4.90 Å². The van der Waals surface area contributed by atoms with Crippen molar-refractivity contribution < 1.29 is 9.53 Å². The number of piperidine rings is 1. The molecule has 0 aromatic heterocycles. The molecule has 0 aliphatic carbocycles. The lowest BCUT2D eigenvalue weighted by Crippen LogP contribution is -2.46. The molecule has 2 unspecified atom stereocenters. The van der Waals surface area contributed by atoms with Crippen LogP contribution in [0.15, 0.2) is 0 Å². The number of likely N-dealkylation sites (tertiary alicyclic amines) is 1. The van der Waals surface area contributed by atoms with E-state index in [1.54, 1.807) is 0 Å². The lowest BCUT2D eigenvalue weighted by Gasteiger charge is -2.31. The van der Waals surface area contributed by atoms with Gasteiger partial charge in [0, 0.05) is 25.7 Å². The van der Waals surface area contributed by atoms with Crippen LogP contribution in [0.5, 0.6) is 0 Å². The van der Waals surface area contributed by atoms with Crippen LogP contribution in [0.25, 0.3) is 0 Å². The van der Waals surface area contributed by atoms with Gasteiger partial charge in [0.1, 0.15) is 0 Å². The predicted molar refractivity (Wildman–Crippen MR) is 76.1 cm³/mol. The van der Waals surface area contributed by atoms with Crippen LogP contribution in [0, 0.1) is 0 Å². The Morgan fingerprint density at radius 3 is 2.84 bits per heavy atom. The van der Waals surface area contributed by atoms with Gasteiger partial charge in [0.2, 0.25) is 5.91 Å². The summed E-state index contributed by atoms with van der Waals surface area (Å²) in [6, 6.07) is 0.457. The topological polar surface area (TPSA) is 41.6 Å². The highest BCUT2D eigenvalue weighted by Gasteiger charge is 2.23. The summed E-state index contributed by atoms with van der Waals surface area (Å²) >= 11 is 0. The second-order valence-electron chi connectivity index (χ2n) is 5.83. The number of hydrogen-bond donors (Lipinski definition) is 1. The summed E-state index contributed by atoms with van der Waals surface area (Å²) in [6.45, 7) is 5.43. The third-order valence-electron chi connectivity index (χ3n) is 4.23. The van der Waals surface area contributed by atoms with Crippen LogP contribution in [0.4, 0.5) is 0 Å². The molecule has 0 aromatic carbocycles. The van der Waals surface area contributed by atoms with Crippen LogP contribution >= 0.6 is 0 Å². The predicted octanol–water partition coefficient (Wildman–Crippen LogP) is 1.94. The molecule has 0 spiro atoms. The standard InChI is InChI=1S/C15H28N2O2/c1-2-6-14-11-13(7-10-19-14)16-12-15(18)17-8-4-3-5-9-17/h13-14,16H,2-12H2,1H3. The molecule has 2 aliphatic heterocycles. The van der Waals surface area contributed by atoms with Gasteiger partial charge >= 0.3 is 0 Å². The summed E-state index contributed by atoms with van der Waals surface area (Å²) < 4.78 is 5.74. The van der Waals surface area contributed by atoms with E-state index < -0.39 is 0 Å². The van der Waals surface area contributed by atoms with Gasteiger partial charge < -0.3 is 15.0 Å². The van der Waals surface area contributed by atoms with Gasteiger partial charge in [-0.3, -0.25) is 4.79 Å². The quantitative estimate of drug-likeness (QED) is 0.828. The maximum atomic E-state index is 12.1. The Morgan fingerprint density at radius 1 is 1.32 bits per heavy atom. The summed E-state index contributed by atoms with van der Waals surface area (Å²) in [6.07, 6.45) is 8.40. The van der Waals surface area contributed by atoms with Crippen molar-refractivity contribution in [3.05, 3.63) is 0 Å². The first kappa shape index (κ1) is 14.8. The summed E-state index contributed by atoms with van der Waals surface area (Å²) in [4.78, 5) is 14.1. The second kappa shape index (κ2) is 7.85. The summed E-state index contributed by atoms with van der Waals surface area (Å²) in [5.74, 6) is 0.276. The van der Waals surface area contributed by atoms with Crippen LogP contribution in [0.1, 0.15) is 51.9 Å². The van der Waals surface area contributed by atoms with Crippen molar-refractivity contribution in [2.75, 3.05) is 26.2 Å². The van der Waals surface area contributed by atoms with Crippen molar-refractivity contribution >= 4 is 5.91 Å². The number of nitrogens with zero attached hydrogens (tertiary/aromatic N) is 1. The van der Waals surface area contributed by atoms with Gasteiger partial charge in [0.25, 0.3) is 0 Å². The number of amides is 1. The minimum atomic E-state index is 0.276. The van der Waals surface area contributed by atoms with Crippen molar-refractivity contribution in [3.8, 4) is 0 Å². The highest BCUT2D eigenvalue weighted by atomic mass is 16.5. The van der Waals surface area contributed by atoms with E-state index in [2.05, 4.69) is 12.2 Å². The average Bonchev–Trinajstić information content (AvgIpc) is 2.46. The third kappa shape index (κ3) is 4.77. The van der Waals surface area contributed by atoms with Crippen molar-refractivity contribution in [1.29, 1.82) is 0 Å². The molecule has 0 saturated carbocycles. The van der Waals surface area contributed by atoms with Gasteiger partial charge in [-0.25, -0.2) is 0 Å². The smallest absolute Gasteiger partial charge is 0.236 e. The highest BCUT2D eigenvalue weighted by molar-refractivity contribution is 5.78. The van der Waals surface area contributed by atoms with Gasteiger partial charge in [-0.1, -0.05) is 13.3 Å². The summed E-state index contributed by atoms with van der Waals surface area (Å²) in [5.41, 5.74) is 0. The SMILES string of the molecule is CCCC1CC(NCC(=O)N2CCCCC2)CCO1. The van der Waals surface area contributed by atoms with E-state index >= 15 is 0 Å². The molecule has 2 fully saturated rings. The van der Waals surface area contributed by atoms with E-state index in [9.17, 15) is 4.79 Å². The van der Waals surface area contributed by atoms with Crippen LogP contribution in [-0.2, 0) is 9.53 Å². The Morgan fingerprint density at radius 2 is 2.11 bits per heavy atom. The first-order valence-corrected chi connectivity index (χ1v) is 7.92. The molecule has 2 aliphatic rings. The van der Waals surface area contributed by atoms with Gasteiger partial charge in [0.15, 0.2) is 0 Å². The van der Waals surface area contributed by atoms with Crippen molar-refractivity contribution in [3.63, 3.8) is 0 Å². The highest BCUT2D eigenvalue weighted by Crippen LogP contribution is 2.17. The minimum Gasteiger partial charge on any atom is -0.378 e. The van der Waals surface area contributed by atoms with E-state index in [0.717, 1.165) is 39.0 Å². The zero-order valence-corrected chi connectivity index (χ0v) is 12.2. The fourth-order valence-corrected chi connectivity index (χ4v) is 3.08. The minimum absolute atomic E-state index is 0.276. The van der Waals surface area contributed by atoms with Crippen LogP contribution < -0.4 is 5.32 Å². The Kier molecular flexibility index (Phi) is 6.11. The number of rotatable bonds is 5. The number of hydrogen-bond acceptors (Lipinski definition) is 3. The molecule has 2 rings (SSSR count). The first-order chi connectivity index (χ1) is 9.29. The average molecular weight is 268 g/mol. The van der Waals surface area contributed by atoms with E-state index in [4.69, 9.17) is 4.74 Å². The number of nitrogens with one attached hydrogen (secondary N) is 1. The fraction of sp³-hybridized carbons (Fsp3) is 0.933. The summed E-state index contributed by atoms with van der Waals surface area (Å²) in [7, 11) is 0. The van der Waals surface area contributed by atoms with Crippen molar-refractivity contribution in [1.82, 2.24) is 10.2 Å². The van der Waals surface area contributed by atoms with E-state index in [1.165, 1.54) is 25.7 Å². The van der Waals surface area contributed by atoms with Gasteiger partial charge in [0.05, 0.1) is 12.6 Å². The molecule has 1 N–H and O–H groups in total. The maximum absolute atomic E-state index is 12.1. The van der Waals surface area contributed by atoms with Crippen molar-refractivity contribution in [2.24, 2.45) is 0 Å². The molecule has 110 valence electrons.